The highest BCUT2D eigenvalue weighted by atomic mass is 16.2. The van der Waals surface area contributed by atoms with E-state index in [9.17, 15) is 4.79 Å². The van der Waals surface area contributed by atoms with Crippen LogP contribution in [0.15, 0.2) is 18.2 Å². The van der Waals surface area contributed by atoms with Crippen molar-refractivity contribution in [2.24, 2.45) is 0 Å². The van der Waals surface area contributed by atoms with Crippen LogP contribution in [0.1, 0.15) is 17.5 Å². The van der Waals surface area contributed by atoms with Gasteiger partial charge in [0.15, 0.2) is 0 Å². The SMILES string of the molecule is CN(C)C(=O)CCc1cccc2c1CCN2. The van der Waals surface area contributed by atoms with Crippen LogP contribution in [0.25, 0.3) is 0 Å². The highest BCUT2D eigenvalue weighted by Crippen LogP contribution is 2.26. The number of amides is 1. The van der Waals surface area contributed by atoms with Crippen molar-refractivity contribution in [2.75, 3.05) is 26.0 Å². The highest BCUT2D eigenvalue weighted by Gasteiger charge is 2.14. The Bertz CT molecular complexity index is 399. The molecule has 1 amide bonds. The predicted octanol–water partition coefficient (Wildman–Crippen LogP) is 1.68. The summed E-state index contributed by atoms with van der Waals surface area (Å²) < 4.78 is 0. The summed E-state index contributed by atoms with van der Waals surface area (Å²) in [6, 6.07) is 6.31. The molecule has 0 aromatic heterocycles. The van der Waals surface area contributed by atoms with Gasteiger partial charge in [0.05, 0.1) is 0 Å². The molecule has 1 aromatic carbocycles. The fourth-order valence-electron chi connectivity index (χ4n) is 2.12. The molecule has 0 unspecified atom stereocenters. The van der Waals surface area contributed by atoms with Crippen molar-refractivity contribution in [2.45, 2.75) is 19.3 Å². The van der Waals surface area contributed by atoms with Crippen LogP contribution in [0.5, 0.6) is 0 Å². The van der Waals surface area contributed by atoms with Crippen LogP contribution in [0, 0.1) is 0 Å². The molecular weight excluding hydrogens is 200 g/mol. The molecule has 1 aliphatic heterocycles. The Kier molecular flexibility index (Phi) is 3.13. The predicted molar refractivity (Wildman–Crippen MR) is 65.7 cm³/mol. The zero-order chi connectivity index (χ0) is 11.5. The van der Waals surface area contributed by atoms with Gasteiger partial charge in [-0.25, -0.2) is 0 Å². The lowest BCUT2D eigenvalue weighted by Gasteiger charge is -2.11. The van der Waals surface area contributed by atoms with Crippen molar-refractivity contribution >= 4 is 11.6 Å². The lowest BCUT2D eigenvalue weighted by Crippen LogP contribution is -2.21. The number of benzene rings is 1. The summed E-state index contributed by atoms with van der Waals surface area (Å²) in [4.78, 5) is 13.2. The third kappa shape index (κ3) is 2.18. The maximum absolute atomic E-state index is 11.5. The van der Waals surface area contributed by atoms with Gasteiger partial charge < -0.3 is 10.2 Å². The standard InChI is InChI=1S/C13H18N2O/c1-15(2)13(16)7-6-10-4-3-5-12-11(10)8-9-14-12/h3-5,14H,6-9H2,1-2H3. The second-order valence-electron chi connectivity index (χ2n) is 4.41. The van der Waals surface area contributed by atoms with E-state index in [0.29, 0.717) is 6.42 Å². The van der Waals surface area contributed by atoms with Crippen LogP contribution >= 0.6 is 0 Å². The molecule has 16 heavy (non-hydrogen) atoms. The maximum Gasteiger partial charge on any atom is 0.222 e. The molecule has 2 rings (SSSR count). The van der Waals surface area contributed by atoms with E-state index in [1.54, 1.807) is 19.0 Å². The number of rotatable bonds is 3. The quantitative estimate of drug-likeness (QED) is 0.837. The van der Waals surface area contributed by atoms with Crippen molar-refractivity contribution in [3.63, 3.8) is 0 Å². The van der Waals surface area contributed by atoms with Crippen LogP contribution < -0.4 is 5.32 Å². The number of aryl methyl sites for hydroxylation is 1. The van der Waals surface area contributed by atoms with Crippen molar-refractivity contribution in [3.05, 3.63) is 29.3 Å². The summed E-state index contributed by atoms with van der Waals surface area (Å²) in [7, 11) is 3.61. The molecule has 0 radical (unpaired) electrons. The first kappa shape index (κ1) is 11.0. The maximum atomic E-state index is 11.5. The van der Waals surface area contributed by atoms with E-state index >= 15 is 0 Å². The van der Waals surface area contributed by atoms with E-state index < -0.39 is 0 Å². The smallest absolute Gasteiger partial charge is 0.222 e. The Morgan fingerprint density at radius 3 is 3.00 bits per heavy atom. The van der Waals surface area contributed by atoms with Crippen LogP contribution in [0.4, 0.5) is 5.69 Å². The van der Waals surface area contributed by atoms with Crippen molar-refractivity contribution in [3.8, 4) is 0 Å². The Hall–Kier alpha value is -1.51. The molecule has 1 aliphatic rings. The van der Waals surface area contributed by atoms with E-state index in [2.05, 4.69) is 23.5 Å². The summed E-state index contributed by atoms with van der Waals surface area (Å²) in [5.74, 6) is 0.198. The summed E-state index contributed by atoms with van der Waals surface area (Å²) in [5, 5.41) is 3.36. The number of carbonyl (C=O) groups excluding carboxylic acids is 1. The molecule has 0 bridgehead atoms. The molecule has 0 aliphatic carbocycles. The molecule has 1 aromatic rings. The van der Waals surface area contributed by atoms with Gasteiger partial charge in [0, 0.05) is 32.7 Å². The molecule has 1 heterocycles. The van der Waals surface area contributed by atoms with Crippen LogP contribution in [0.3, 0.4) is 0 Å². The molecule has 0 saturated carbocycles. The largest absolute Gasteiger partial charge is 0.384 e. The highest BCUT2D eigenvalue weighted by molar-refractivity contribution is 5.76. The second kappa shape index (κ2) is 4.56. The Labute approximate surface area is 96.5 Å². The molecule has 1 N–H and O–H groups in total. The molecule has 86 valence electrons. The van der Waals surface area contributed by atoms with Gasteiger partial charge in [-0.2, -0.15) is 0 Å². The molecule has 3 heteroatoms. The molecule has 0 saturated heterocycles. The van der Waals surface area contributed by atoms with Crippen LogP contribution in [0.2, 0.25) is 0 Å². The van der Waals surface area contributed by atoms with Crippen molar-refractivity contribution in [1.82, 2.24) is 4.90 Å². The van der Waals surface area contributed by atoms with Crippen molar-refractivity contribution < 1.29 is 4.79 Å². The number of anilines is 1. The van der Waals surface area contributed by atoms with Gasteiger partial charge in [-0.1, -0.05) is 12.1 Å². The van der Waals surface area contributed by atoms with Gasteiger partial charge in [-0.05, 0) is 30.0 Å². The van der Waals surface area contributed by atoms with Gasteiger partial charge in [0.2, 0.25) is 5.91 Å². The zero-order valence-corrected chi connectivity index (χ0v) is 9.92. The molecule has 0 fully saturated rings. The zero-order valence-electron chi connectivity index (χ0n) is 9.92. The number of hydrogen-bond acceptors (Lipinski definition) is 2. The minimum Gasteiger partial charge on any atom is -0.384 e. The van der Waals surface area contributed by atoms with Gasteiger partial charge in [-0.15, -0.1) is 0 Å². The summed E-state index contributed by atoms with van der Waals surface area (Å²) in [5.41, 5.74) is 3.96. The van der Waals surface area contributed by atoms with E-state index in [0.717, 1.165) is 19.4 Å². The number of hydrogen-bond donors (Lipinski definition) is 1. The summed E-state index contributed by atoms with van der Waals surface area (Å²) in [6.07, 6.45) is 2.53. The normalized spacial score (nSPS) is 13.1. The number of nitrogens with zero attached hydrogens (tertiary/aromatic N) is 1. The third-order valence-corrected chi connectivity index (χ3v) is 3.07. The third-order valence-electron chi connectivity index (χ3n) is 3.07. The topological polar surface area (TPSA) is 32.3 Å². The fraction of sp³-hybridized carbons (Fsp3) is 0.462. The Morgan fingerprint density at radius 2 is 2.25 bits per heavy atom. The van der Waals surface area contributed by atoms with Crippen molar-refractivity contribution in [1.29, 1.82) is 0 Å². The minimum absolute atomic E-state index is 0.198. The fourth-order valence-corrected chi connectivity index (χ4v) is 2.12. The Morgan fingerprint density at radius 1 is 1.44 bits per heavy atom. The first-order valence-electron chi connectivity index (χ1n) is 5.73. The molecular formula is C13H18N2O. The monoisotopic (exact) mass is 218 g/mol. The minimum atomic E-state index is 0.198. The second-order valence-corrected chi connectivity index (χ2v) is 4.41. The summed E-state index contributed by atoms with van der Waals surface area (Å²) in [6.45, 7) is 1.02. The van der Waals surface area contributed by atoms with E-state index in [4.69, 9.17) is 0 Å². The van der Waals surface area contributed by atoms with Gasteiger partial charge in [-0.3, -0.25) is 4.79 Å². The lowest BCUT2D eigenvalue weighted by atomic mass is 10.0. The molecule has 3 nitrogen and oxygen atoms in total. The number of fused-ring (bicyclic) bond motifs is 1. The van der Waals surface area contributed by atoms with Crippen LogP contribution in [-0.2, 0) is 17.6 Å². The Balaban J connectivity index is 2.05. The van der Waals surface area contributed by atoms with E-state index in [-0.39, 0.29) is 5.91 Å². The first-order valence-corrected chi connectivity index (χ1v) is 5.73. The van der Waals surface area contributed by atoms with Crippen LogP contribution in [-0.4, -0.2) is 31.4 Å². The van der Waals surface area contributed by atoms with E-state index in [1.165, 1.54) is 16.8 Å². The van der Waals surface area contributed by atoms with Gasteiger partial charge >= 0.3 is 0 Å². The van der Waals surface area contributed by atoms with E-state index in [1.807, 2.05) is 0 Å². The molecule has 0 atom stereocenters. The first-order chi connectivity index (χ1) is 7.68. The van der Waals surface area contributed by atoms with Gasteiger partial charge in [0.1, 0.15) is 0 Å². The number of carbonyl (C=O) groups is 1. The average Bonchev–Trinajstić information content (AvgIpc) is 2.73. The van der Waals surface area contributed by atoms with Gasteiger partial charge in [0.25, 0.3) is 0 Å². The molecule has 0 spiro atoms. The number of nitrogens with one attached hydrogen (secondary N) is 1. The lowest BCUT2D eigenvalue weighted by molar-refractivity contribution is -0.128. The average molecular weight is 218 g/mol. The summed E-state index contributed by atoms with van der Waals surface area (Å²) >= 11 is 0.